The summed E-state index contributed by atoms with van der Waals surface area (Å²) in [5.74, 6) is 2.71. The van der Waals surface area contributed by atoms with Crippen LogP contribution in [0.25, 0.3) is 0 Å². The van der Waals surface area contributed by atoms with Crippen LogP contribution in [0.3, 0.4) is 0 Å². The van der Waals surface area contributed by atoms with Crippen LogP contribution in [0.5, 0.6) is 0 Å². The average Bonchev–Trinajstić information content (AvgIpc) is 2.93. The van der Waals surface area contributed by atoms with Crippen molar-refractivity contribution in [1.29, 1.82) is 0 Å². The van der Waals surface area contributed by atoms with Gasteiger partial charge in [0.1, 0.15) is 0 Å². The molecule has 2 N–H and O–H groups in total. The Morgan fingerprint density at radius 2 is 2.19 bits per heavy atom. The molecule has 0 aromatic heterocycles. The molecule has 16 heavy (non-hydrogen) atoms. The molecule has 0 radical (unpaired) electrons. The summed E-state index contributed by atoms with van der Waals surface area (Å²) in [5.41, 5.74) is 5.50. The number of carbonyl (C=O) groups is 1. The lowest BCUT2D eigenvalue weighted by Crippen LogP contribution is -2.39. The molecule has 2 aliphatic rings. The third kappa shape index (κ3) is 3.10. The van der Waals surface area contributed by atoms with Crippen LogP contribution in [-0.2, 0) is 4.79 Å². The van der Waals surface area contributed by atoms with Gasteiger partial charge in [-0.2, -0.15) is 11.8 Å². The molecule has 1 unspecified atom stereocenters. The summed E-state index contributed by atoms with van der Waals surface area (Å²) in [6.45, 7) is 0.722. The van der Waals surface area contributed by atoms with E-state index < -0.39 is 0 Å². The SMILES string of the molecule is NC(=S)CCN(C(=O)C1CCSC1)C1CC1. The van der Waals surface area contributed by atoms with Gasteiger partial charge >= 0.3 is 0 Å². The lowest BCUT2D eigenvalue weighted by Gasteiger charge is -2.25. The Labute approximate surface area is 106 Å². The molecule has 1 aliphatic heterocycles. The van der Waals surface area contributed by atoms with Gasteiger partial charge in [0.15, 0.2) is 0 Å². The molecule has 90 valence electrons. The highest BCUT2D eigenvalue weighted by Gasteiger charge is 2.36. The fourth-order valence-electron chi connectivity index (χ4n) is 2.05. The summed E-state index contributed by atoms with van der Waals surface area (Å²) < 4.78 is 0. The van der Waals surface area contributed by atoms with Crippen molar-refractivity contribution in [3.63, 3.8) is 0 Å². The van der Waals surface area contributed by atoms with Crippen LogP contribution >= 0.6 is 24.0 Å². The van der Waals surface area contributed by atoms with Crippen molar-refractivity contribution in [1.82, 2.24) is 4.90 Å². The van der Waals surface area contributed by atoms with Gasteiger partial charge in [0, 0.05) is 30.7 Å². The molecule has 2 rings (SSSR count). The standard InChI is InChI=1S/C11H18N2OS2/c12-10(15)3-5-13(9-1-2-9)11(14)8-4-6-16-7-8/h8-9H,1-7H2,(H2,12,15). The summed E-state index contributed by atoms with van der Waals surface area (Å²) in [5, 5.41) is 0. The van der Waals surface area contributed by atoms with Gasteiger partial charge in [0.25, 0.3) is 0 Å². The Morgan fingerprint density at radius 1 is 1.44 bits per heavy atom. The van der Waals surface area contributed by atoms with Crippen LogP contribution in [-0.4, -0.2) is 39.9 Å². The smallest absolute Gasteiger partial charge is 0.226 e. The second kappa shape index (κ2) is 5.36. The Hall–Kier alpha value is -0.290. The van der Waals surface area contributed by atoms with Gasteiger partial charge in [-0.25, -0.2) is 0 Å². The molecule has 0 spiro atoms. The molecule has 3 nitrogen and oxygen atoms in total. The molecule has 1 heterocycles. The van der Waals surface area contributed by atoms with Crippen molar-refractivity contribution in [3.8, 4) is 0 Å². The number of rotatable bonds is 5. The Kier molecular flexibility index (Phi) is 4.08. The number of nitrogens with two attached hydrogens (primary N) is 1. The van der Waals surface area contributed by atoms with Crippen molar-refractivity contribution in [2.75, 3.05) is 18.1 Å². The summed E-state index contributed by atoms with van der Waals surface area (Å²) in [6.07, 6.45) is 4.02. The molecule has 1 amide bonds. The van der Waals surface area contributed by atoms with Crippen LogP contribution in [0.1, 0.15) is 25.7 Å². The summed E-state index contributed by atoms with van der Waals surface area (Å²) in [7, 11) is 0. The molecule has 1 saturated carbocycles. The number of carbonyl (C=O) groups excluding carboxylic acids is 1. The molecule has 5 heteroatoms. The third-order valence-electron chi connectivity index (χ3n) is 3.15. The van der Waals surface area contributed by atoms with Crippen molar-refractivity contribution < 1.29 is 4.79 Å². The van der Waals surface area contributed by atoms with E-state index in [1.165, 1.54) is 0 Å². The molecule has 0 aromatic carbocycles. The lowest BCUT2D eigenvalue weighted by molar-refractivity contribution is -0.135. The second-order valence-corrected chi connectivity index (χ2v) is 6.21. The van der Waals surface area contributed by atoms with Crippen LogP contribution in [0, 0.1) is 5.92 Å². The molecule has 0 bridgehead atoms. The molecular formula is C11H18N2OS2. The van der Waals surface area contributed by atoms with Crippen LogP contribution in [0.15, 0.2) is 0 Å². The maximum atomic E-state index is 12.3. The van der Waals surface area contributed by atoms with E-state index in [4.69, 9.17) is 18.0 Å². The van der Waals surface area contributed by atoms with E-state index in [-0.39, 0.29) is 5.92 Å². The largest absolute Gasteiger partial charge is 0.393 e. The van der Waals surface area contributed by atoms with Gasteiger partial charge in [-0.05, 0) is 25.0 Å². The molecule has 0 aromatic rings. The van der Waals surface area contributed by atoms with Crippen LogP contribution < -0.4 is 5.73 Å². The van der Waals surface area contributed by atoms with E-state index >= 15 is 0 Å². The number of hydrogen-bond acceptors (Lipinski definition) is 3. The number of nitrogens with zero attached hydrogens (tertiary/aromatic N) is 1. The predicted octanol–water partition coefficient (Wildman–Crippen LogP) is 1.41. The third-order valence-corrected chi connectivity index (χ3v) is 4.52. The van der Waals surface area contributed by atoms with Gasteiger partial charge in [-0.3, -0.25) is 4.79 Å². The molecule has 1 saturated heterocycles. The first kappa shape index (κ1) is 12.2. The monoisotopic (exact) mass is 258 g/mol. The Morgan fingerprint density at radius 3 is 2.69 bits per heavy atom. The van der Waals surface area contributed by atoms with Crippen molar-refractivity contribution >= 4 is 34.9 Å². The highest BCUT2D eigenvalue weighted by Crippen LogP contribution is 2.32. The van der Waals surface area contributed by atoms with Crippen molar-refractivity contribution in [2.45, 2.75) is 31.7 Å². The van der Waals surface area contributed by atoms with E-state index in [0.29, 0.717) is 23.4 Å². The molecule has 1 aliphatic carbocycles. The summed E-state index contributed by atoms with van der Waals surface area (Å²) >= 11 is 6.76. The topological polar surface area (TPSA) is 46.3 Å². The predicted molar refractivity (Wildman–Crippen MR) is 71.6 cm³/mol. The lowest BCUT2D eigenvalue weighted by atomic mass is 10.1. The highest BCUT2D eigenvalue weighted by molar-refractivity contribution is 7.99. The minimum atomic E-state index is 0.247. The zero-order valence-corrected chi connectivity index (χ0v) is 11.0. The van der Waals surface area contributed by atoms with Crippen LogP contribution in [0.2, 0.25) is 0 Å². The van der Waals surface area contributed by atoms with Gasteiger partial charge in [-0.15, -0.1) is 0 Å². The van der Waals surface area contributed by atoms with E-state index in [1.54, 1.807) is 0 Å². The quantitative estimate of drug-likeness (QED) is 0.757. The first-order valence-electron chi connectivity index (χ1n) is 5.85. The zero-order valence-electron chi connectivity index (χ0n) is 9.35. The maximum absolute atomic E-state index is 12.3. The van der Waals surface area contributed by atoms with E-state index in [0.717, 1.165) is 37.3 Å². The minimum absolute atomic E-state index is 0.247. The minimum Gasteiger partial charge on any atom is -0.393 e. The number of thiocarbonyl (C=S) groups is 1. The normalized spacial score (nSPS) is 24.4. The molecule has 1 atom stereocenters. The van der Waals surface area contributed by atoms with Gasteiger partial charge in [0.2, 0.25) is 5.91 Å². The highest BCUT2D eigenvalue weighted by atomic mass is 32.2. The maximum Gasteiger partial charge on any atom is 0.226 e. The van der Waals surface area contributed by atoms with Gasteiger partial charge in [0.05, 0.1) is 4.99 Å². The van der Waals surface area contributed by atoms with Crippen molar-refractivity contribution in [2.24, 2.45) is 11.7 Å². The number of amides is 1. The van der Waals surface area contributed by atoms with Gasteiger partial charge in [-0.1, -0.05) is 12.2 Å². The zero-order chi connectivity index (χ0) is 11.5. The van der Waals surface area contributed by atoms with E-state index in [1.807, 2.05) is 16.7 Å². The van der Waals surface area contributed by atoms with Crippen molar-refractivity contribution in [3.05, 3.63) is 0 Å². The summed E-state index contributed by atoms with van der Waals surface area (Å²) in [6, 6.07) is 0.479. The summed E-state index contributed by atoms with van der Waals surface area (Å²) in [4.78, 5) is 14.8. The first-order valence-corrected chi connectivity index (χ1v) is 7.41. The van der Waals surface area contributed by atoms with Crippen LogP contribution in [0.4, 0.5) is 0 Å². The molecular weight excluding hydrogens is 240 g/mol. The molecule has 2 fully saturated rings. The Bertz CT molecular complexity index is 286. The van der Waals surface area contributed by atoms with Gasteiger partial charge < -0.3 is 10.6 Å². The fourth-order valence-corrected chi connectivity index (χ4v) is 3.36. The second-order valence-electron chi connectivity index (χ2n) is 4.54. The first-order chi connectivity index (χ1) is 7.68. The number of hydrogen-bond donors (Lipinski definition) is 1. The fraction of sp³-hybridized carbons (Fsp3) is 0.818. The number of thioether (sulfide) groups is 1. The Balaban J connectivity index is 1.89. The van der Waals surface area contributed by atoms with E-state index in [9.17, 15) is 4.79 Å². The van der Waals surface area contributed by atoms with E-state index in [2.05, 4.69) is 0 Å². The average molecular weight is 258 g/mol.